The monoisotopic (exact) mass is 617 g/mol. The van der Waals surface area contributed by atoms with Crippen LogP contribution < -0.4 is 15.0 Å². The van der Waals surface area contributed by atoms with Crippen molar-refractivity contribution in [3.63, 3.8) is 0 Å². The molecule has 0 radical (unpaired) electrons. The van der Waals surface area contributed by atoms with Crippen molar-refractivity contribution in [3.05, 3.63) is 96.5 Å². The van der Waals surface area contributed by atoms with Crippen LogP contribution in [0.3, 0.4) is 0 Å². The van der Waals surface area contributed by atoms with Crippen LogP contribution in [0.1, 0.15) is 18.1 Å². The van der Waals surface area contributed by atoms with Crippen LogP contribution in [-0.2, 0) is 11.2 Å². The zero-order valence-electron chi connectivity index (χ0n) is 22.9. The molecule has 4 aromatic rings. The Kier molecular flexibility index (Phi) is 8.77. The molecule has 1 aromatic heterocycles. The number of nitrogens with one attached hydrogen (secondary N) is 1. The third kappa shape index (κ3) is 6.96. The van der Waals surface area contributed by atoms with E-state index in [0.29, 0.717) is 34.7 Å². The van der Waals surface area contributed by atoms with Crippen molar-refractivity contribution in [3.8, 4) is 28.9 Å². The molecule has 10 nitrogen and oxygen atoms in total. The molecule has 1 aliphatic rings. The summed E-state index contributed by atoms with van der Waals surface area (Å²) in [5, 5.41) is 16.8. The topological polar surface area (TPSA) is 126 Å². The van der Waals surface area contributed by atoms with E-state index < -0.39 is 12.4 Å². The average Bonchev–Trinajstić information content (AvgIpc) is 3.64. The third-order valence-corrected chi connectivity index (χ3v) is 7.24. The number of carbonyl (C=O) groups is 2. The maximum absolute atomic E-state index is 12.6. The number of carbonyl (C=O) groups excluding carboxylic acids is 2. The second-order valence-corrected chi connectivity index (χ2v) is 10.1. The molecule has 0 bridgehead atoms. The Morgan fingerprint density at radius 2 is 1.86 bits per heavy atom. The summed E-state index contributed by atoms with van der Waals surface area (Å²) in [5.74, 6) is -0.0268. The first-order chi connectivity index (χ1) is 21.1. The summed E-state index contributed by atoms with van der Waals surface area (Å²) in [6.45, 7) is 1.97. The maximum Gasteiger partial charge on any atom is 0.573 e. The number of amides is 3. The number of para-hydroxylation sites is 1. The molecule has 0 aliphatic carbocycles. The summed E-state index contributed by atoms with van der Waals surface area (Å²) < 4.78 is 42.5. The molecule has 44 heavy (non-hydrogen) atoms. The number of hydrogen-bond donors (Lipinski definition) is 1. The summed E-state index contributed by atoms with van der Waals surface area (Å²) >= 11 is 1.16. The normalized spacial score (nSPS) is 14.5. The van der Waals surface area contributed by atoms with Gasteiger partial charge in [-0.1, -0.05) is 61.2 Å². The van der Waals surface area contributed by atoms with Crippen LogP contribution in [0.4, 0.5) is 23.7 Å². The average molecular weight is 618 g/mol. The molecule has 0 atom stereocenters. The second kappa shape index (κ2) is 12.8. The predicted molar refractivity (Wildman–Crippen MR) is 159 cm³/mol. The zero-order valence-corrected chi connectivity index (χ0v) is 23.8. The number of nitriles is 1. The van der Waals surface area contributed by atoms with Crippen LogP contribution in [0.2, 0.25) is 0 Å². The van der Waals surface area contributed by atoms with Crippen molar-refractivity contribution in [2.45, 2.75) is 19.7 Å². The van der Waals surface area contributed by atoms with Crippen LogP contribution >= 0.6 is 11.8 Å². The van der Waals surface area contributed by atoms with E-state index in [1.165, 1.54) is 46.4 Å². The molecule has 5 rings (SSSR count). The van der Waals surface area contributed by atoms with Crippen molar-refractivity contribution in [2.24, 2.45) is 4.99 Å². The Morgan fingerprint density at radius 3 is 2.55 bits per heavy atom. The van der Waals surface area contributed by atoms with Gasteiger partial charge >= 0.3 is 12.4 Å². The SMILES string of the molecule is CCc1ccccc1N1C(=O)CSC1=NC(=O)N/C=C(\C#N)c1ccc(-c2ncn(-c3ccc(OC(F)(F)F)cc3)n2)cc1. The molecular formula is C30H22F3N7O3S. The van der Waals surface area contributed by atoms with E-state index in [4.69, 9.17) is 0 Å². The number of aryl methyl sites for hydroxylation is 1. The molecule has 2 heterocycles. The highest BCUT2D eigenvalue weighted by atomic mass is 32.2. The summed E-state index contributed by atoms with van der Waals surface area (Å²) in [4.78, 5) is 35.0. The first kappa shape index (κ1) is 30.1. The number of alkyl halides is 3. The molecular weight excluding hydrogens is 595 g/mol. The number of ether oxygens (including phenoxy) is 1. The van der Waals surface area contributed by atoms with Gasteiger partial charge in [-0.25, -0.2) is 14.5 Å². The second-order valence-electron chi connectivity index (χ2n) is 9.15. The zero-order chi connectivity index (χ0) is 31.3. The van der Waals surface area contributed by atoms with Crippen molar-refractivity contribution < 1.29 is 27.5 Å². The number of thioether (sulfide) groups is 1. The van der Waals surface area contributed by atoms with Gasteiger partial charge in [-0.05, 0) is 47.9 Å². The predicted octanol–water partition coefficient (Wildman–Crippen LogP) is 6.11. The van der Waals surface area contributed by atoms with Crippen LogP contribution in [0.5, 0.6) is 5.75 Å². The minimum atomic E-state index is -4.78. The molecule has 0 spiro atoms. The number of benzene rings is 3. The number of allylic oxidation sites excluding steroid dienone is 1. The van der Waals surface area contributed by atoms with E-state index in [1.807, 2.05) is 37.3 Å². The van der Waals surface area contributed by atoms with E-state index in [9.17, 15) is 28.0 Å². The molecule has 14 heteroatoms. The number of aliphatic imine (C=N–C) groups is 1. The van der Waals surface area contributed by atoms with E-state index >= 15 is 0 Å². The Balaban J connectivity index is 1.26. The lowest BCUT2D eigenvalue weighted by atomic mass is 10.1. The lowest BCUT2D eigenvalue weighted by Crippen LogP contribution is -2.31. The van der Waals surface area contributed by atoms with Crippen LogP contribution in [0.15, 0.2) is 90.3 Å². The number of amidine groups is 1. The van der Waals surface area contributed by atoms with Crippen molar-refractivity contribution in [2.75, 3.05) is 10.7 Å². The van der Waals surface area contributed by atoms with Crippen molar-refractivity contribution >= 4 is 40.1 Å². The first-order valence-corrected chi connectivity index (χ1v) is 14.1. The highest BCUT2D eigenvalue weighted by Gasteiger charge is 2.32. The van der Waals surface area contributed by atoms with Gasteiger partial charge in [-0.15, -0.1) is 18.3 Å². The Hall–Kier alpha value is -5.42. The molecule has 1 N–H and O–H groups in total. The fraction of sp³-hybridized carbons (Fsp3) is 0.133. The van der Waals surface area contributed by atoms with Crippen LogP contribution in [-0.4, -0.2) is 44.0 Å². The fourth-order valence-corrected chi connectivity index (χ4v) is 5.12. The van der Waals surface area contributed by atoms with E-state index in [-0.39, 0.29) is 28.2 Å². The summed E-state index contributed by atoms with van der Waals surface area (Å²) in [6, 6.07) is 20.6. The minimum absolute atomic E-state index is 0.159. The number of urea groups is 1. The number of hydrogen-bond acceptors (Lipinski definition) is 7. The van der Waals surface area contributed by atoms with E-state index in [1.54, 1.807) is 24.3 Å². The number of aromatic nitrogens is 3. The third-order valence-electron chi connectivity index (χ3n) is 6.32. The van der Waals surface area contributed by atoms with Gasteiger partial charge in [-0.3, -0.25) is 9.69 Å². The number of nitrogens with zero attached hydrogens (tertiary/aromatic N) is 6. The lowest BCUT2D eigenvalue weighted by molar-refractivity contribution is -0.274. The summed E-state index contributed by atoms with van der Waals surface area (Å²) in [5.41, 5.74) is 3.38. The molecule has 1 saturated heterocycles. The van der Waals surface area contributed by atoms with Crippen molar-refractivity contribution in [1.82, 2.24) is 20.1 Å². The smallest absolute Gasteiger partial charge is 0.406 e. The fourth-order valence-electron chi connectivity index (χ4n) is 4.26. The van der Waals surface area contributed by atoms with E-state index in [0.717, 1.165) is 17.3 Å². The summed E-state index contributed by atoms with van der Waals surface area (Å²) in [7, 11) is 0. The highest BCUT2D eigenvalue weighted by molar-refractivity contribution is 8.15. The number of rotatable bonds is 7. The van der Waals surface area contributed by atoms with Gasteiger partial charge in [0.2, 0.25) is 5.91 Å². The molecule has 0 saturated carbocycles. The van der Waals surface area contributed by atoms with Gasteiger partial charge in [0.05, 0.1) is 22.7 Å². The number of halogens is 3. The van der Waals surface area contributed by atoms with Gasteiger partial charge in [0.25, 0.3) is 0 Å². The quantitative estimate of drug-likeness (QED) is 0.248. The molecule has 3 amide bonds. The largest absolute Gasteiger partial charge is 0.573 e. The van der Waals surface area contributed by atoms with Gasteiger partial charge in [0, 0.05) is 11.8 Å². The Labute approximate surface area is 253 Å². The van der Waals surface area contributed by atoms with Gasteiger partial charge in [0.15, 0.2) is 11.0 Å². The Morgan fingerprint density at radius 1 is 1.14 bits per heavy atom. The van der Waals surface area contributed by atoms with Gasteiger partial charge in [-0.2, -0.15) is 10.3 Å². The van der Waals surface area contributed by atoms with Gasteiger partial charge < -0.3 is 10.1 Å². The van der Waals surface area contributed by atoms with Crippen LogP contribution in [0, 0.1) is 11.3 Å². The lowest BCUT2D eigenvalue weighted by Gasteiger charge is -2.19. The van der Waals surface area contributed by atoms with Crippen molar-refractivity contribution in [1.29, 1.82) is 5.26 Å². The standard InChI is InChI=1S/C30H22F3N7O3S/c1-2-19-5-3-4-6-25(19)40-26(41)17-44-29(40)37-28(42)35-16-22(15-34)20-7-9-21(10-8-20)27-36-18-39(38-27)23-11-13-24(14-12-23)43-30(31,32)33/h3-14,16,18H,2,17H2,1H3,(H,35,42)/b22-16+,37-29?. The molecule has 0 unspecified atom stereocenters. The minimum Gasteiger partial charge on any atom is -0.406 e. The molecule has 222 valence electrons. The van der Waals surface area contributed by atoms with Crippen LogP contribution in [0.25, 0.3) is 22.6 Å². The maximum atomic E-state index is 12.6. The number of anilines is 1. The van der Waals surface area contributed by atoms with E-state index in [2.05, 4.69) is 25.1 Å². The van der Waals surface area contributed by atoms with Gasteiger partial charge in [0.1, 0.15) is 18.1 Å². The molecule has 3 aromatic carbocycles. The molecule has 1 fully saturated rings. The highest BCUT2D eigenvalue weighted by Crippen LogP contribution is 2.30. The molecule has 1 aliphatic heterocycles. The summed E-state index contributed by atoms with van der Waals surface area (Å²) in [6.07, 6.45) is -1.42. The Bertz CT molecular complexity index is 1790. The first-order valence-electron chi connectivity index (χ1n) is 13.1.